The lowest BCUT2D eigenvalue weighted by Gasteiger charge is -2.28. The van der Waals surface area contributed by atoms with E-state index in [4.69, 9.17) is 23.2 Å². The minimum atomic E-state index is -0.0867. The lowest BCUT2D eigenvalue weighted by atomic mass is 10.1. The maximum Gasteiger partial charge on any atom is 0.323 e. The van der Waals surface area contributed by atoms with Crippen LogP contribution in [0.15, 0.2) is 12.3 Å². The number of fused-ring (bicyclic) bond motifs is 2. The van der Waals surface area contributed by atoms with Crippen LogP contribution in [-0.4, -0.2) is 52.5 Å². The van der Waals surface area contributed by atoms with Gasteiger partial charge in [-0.15, -0.1) is 0 Å². The largest absolute Gasteiger partial charge is 0.323 e. The lowest BCUT2D eigenvalue weighted by molar-refractivity contribution is 0.184. The predicted octanol–water partition coefficient (Wildman–Crippen LogP) is 3.48. The number of likely N-dealkylation sites (tertiary alicyclic amines) is 1. The standard InChI is InChI=1S/C15H20Cl2N4O/c1-2-20-6-5-10-3-4-11(9-20)21(10)15(22)19-14-7-12(16)13(17)8-18-14/h7-8,10-11H,2-6,9H2,1H3,(H,18,19,22)/t10-,11+/m1/s1. The Morgan fingerprint density at radius 3 is 2.82 bits per heavy atom. The van der Waals surface area contributed by atoms with Gasteiger partial charge >= 0.3 is 6.03 Å². The molecule has 3 heterocycles. The first-order chi connectivity index (χ1) is 10.6. The van der Waals surface area contributed by atoms with Gasteiger partial charge in [-0.05, 0) is 25.8 Å². The second kappa shape index (κ2) is 6.60. The summed E-state index contributed by atoms with van der Waals surface area (Å²) in [4.78, 5) is 21.2. The fraction of sp³-hybridized carbons (Fsp3) is 0.600. The number of anilines is 1. The number of carbonyl (C=O) groups is 1. The highest BCUT2D eigenvalue weighted by Gasteiger charge is 2.39. The zero-order valence-corrected chi connectivity index (χ0v) is 14.1. The van der Waals surface area contributed by atoms with E-state index >= 15 is 0 Å². The van der Waals surface area contributed by atoms with Crippen LogP contribution < -0.4 is 5.32 Å². The Morgan fingerprint density at radius 2 is 2.09 bits per heavy atom. The second-order valence-corrected chi connectivity index (χ2v) is 6.70. The fourth-order valence-corrected chi connectivity index (χ4v) is 3.68. The highest BCUT2D eigenvalue weighted by molar-refractivity contribution is 6.42. The van der Waals surface area contributed by atoms with Crippen molar-refractivity contribution in [2.45, 2.75) is 38.3 Å². The van der Waals surface area contributed by atoms with Gasteiger partial charge in [0, 0.05) is 37.4 Å². The first kappa shape index (κ1) is 15.8. The molecular weight excluding hydrogens is 323 g/mol. The molecule has 1 aromatic heterocycles. The van der Waals surface area contributed by atoms with E-state index in [1.54, 1.807) is 6.07 Å². The molecule has 0 spiro atoms. The van der Waals surface area contributed by atoms with E-state index < -0.39 is 0 Å². The molecule has 0 aliphatic carbocycles. The Bertz CT molecular complexity index is 568. The van der Waals surface area contributed by atoms with Crippen molar-refractivity contribution in [1.29, 1.82) is 0 Å². The minimum Gasteiger partial charge on any atom is -0.317 e. The van der Waals surface area contributed by atoms with Crippen LogP contribution in [0.2, 0.25) is 10.0 Å². The van der Waals surface area contributed by atoms with Crippen LogP contribution in [0.1, 0.15) is 26.2 Å². The molecule has 22 heavy (non-hydrogen) atoms. The molecule has 1 aromatic rings. The van der Waals surface area contributed by atoms with Gasteiger partial charge < -0.3 is 9.80 Å². The molecule has 0 saturated carbocycles. The van der Waals surface area contributed by atoms with Gasteiger partial charge in [0.1, 0.15) is 5.82 Å². The van der Waals surface area contributed by atoms with Crippen molar-refractivity contribution in [3.05, 3.63) is 22.3 Å². The highest BCUT2D eigenvalue weighted by Crippen LogP contribution is 2.31. The molecule has 5 nitrogen and oxygen atoms in total. The van der Waals surface area contributed by atoms with Gasteiger partial charge in [-0.25, -0.2) is 9.78 Å². The number of pyridine rings is 1. The fourth-order valence-electron chi connectivity index (χ4n) is 3.42. The molecule has 2 bridgehead atoms. The molecule has 2 fully saturated rings. The van der Waals surface area contributed by atoms with Gasteiger partial charge in [0.05, 0.1) is 10.0 Å². The summed E-state index contributed by atoms with van der Waals surface area (Å²) in [5.41, 5.74) is 0. The molecule has 2 aliphatic rings. The number of nitrogens with zero attached hydrogens (tertiary/aromatic N) is 3. The molecule has 3 rings (SSSR count). The Balaban J connectivity index is 1.72. The number of urea groups is 1. The van der Waals surface area contributed by atoms with Crippen molar-refractivity contribution in [2.75, 3.05) is 25.0 Å². The lowest BCUT2D eigenvalue weighted by Crippen LogP contribution is -2.45. The van der Waals surface area contributed by atoms with E-state index in [1.807, 2.05) is 4.90 Å². The third-order valence-electron chi connectivity index (χ3n) is 4.59. The average Bonchev–Trinajstić information content (AvgIpc) is 2.78. The maximum atomic E-state index is 12.7. The number of hydrogen-bond donors (Lipinski definition) is 1. The average molecular weight is 343 g/mol. The number of halogens is 2. The summed E-state index contributed by atoms with van der Waals surface area (Å²) >= 11 is 11.8. The van der Waals surface area contributed by atoms with E-state index in [-0.39, 0.29) is 12.1 Å². The normalized spacial score (nSPS) is 25.1. The molecule has 2 amide bonds. The summed E-state index contributed by atoms with van der Waals surface area (Å²) in [5, 5.41) is 3.63. The monoisotopic (exact) mass is 342 g/mol. The number of hydrogen-bond acceptors (Lipinski definition) is 3. The van der Waals surface area contributed by atoms with Crippen LogP contribution in [0.4, 0.5) is 10.6 Å². The number of likely N-dealkylation sites (N-methyl/N-ethyl adjacent to an activating group) is 1. The maximum absolute atomic E-state index is 12.7. The number of aromatic nitrogens is 1. The van der Waals surface area contributed by atoms with Crippen molar-refractivity contribution in [3.8, 4) is 0 Å². The molecule has 2 atom stereocenters. The van der Waals surface area contributed by atoms with Gasteiger partial charge in [-0.3, -0.25) is 5.32 Å². The molecular formula is C15H20Cl2N4O. The third-order valence-corrected chi connectivity index (χ3v) is 5.30. The molecule has 0 unspecified atom stereocenters. The first-order valence-electron chi connectivity index (χ1n) is 7.71. The van der Waals surface area contributed by atoms with Crippen LogP contribution in [0, 0.1) is 0 Å². The molecule has 2 aliphatic heterocycles. The highest BCUT2D eigenvalue weighted by atomic mass is 35.5. The number of nitrogens with one attached hydrogen (secondary N) is 1. The zero-order chi connectivity index (χ0) is 15.7. The van der Waals surface area contributed by atoms with Crippen LogP contribution in [-0.2, 0) is 0 Å². The van der Waals surface area contributed by atoms with E-state index in [1.165, 1.54) is 6.20 Å². The van der Waals surface area contributed by atoms with E-state index in [9.17, 15) is 4.79 Å². The van der Waals surface area contributed by atoms with Gasteiger partial charge in [-0.2, -0.15) is 0 Å². The predicted molar refractivity (Wildman–Crippen MR) is 88.7 cm³/mol. The van der Waals surface area contributed by atoms with Crippen molar-refractivity contribution < 1.29 is 4.79 Å². The van der Waals surface area contributed by atoms with Gasteiger partial charge in [-0.1, -0.05) is 30.1 Å². The number of carbonyl (C=O) groups excluding carboxylic acids is 1. The summed E-state index contributed by atoms with van der Waals surface area (Å²) in [5.74, 6) is 0.440. The van der Waals surface area contributed by atoms with Gasteiger partial charge in [0.15, 0.2) is 0 Å². The third kappa shape index (κ3) is 3.16. The summed E-state index contributed by atoms with van der Waals surface area (Å²) in [6.07, 6.45) is 4.65. The Labute approximate surface area is 140 Å². The Hall–Kier alpha value is -1.04. The molecule has 0 radical (unpaired) electrons. The molecule has 2 saturated heterocycles. The Kier molecular flexibility index (Phi) is 4.76. The van der Waals surface area contributed by atoms with Crippen LogP contribution in [0.5, 0.6) is 0 Å². The van der Waals surface area contributed by atoms with Crippen molar-refractivity contribution >= 4 is 35.1 Å². The van der Waals surface area contributed by atoms with Gasteiger partial charge in [0.25, 0.3) is 0 Å². The summed E-state index contributed by atoms with van der Waals surface area (Å²) in [6.45, 7) is 5.22. The number of amides is 2. The SMILES string of the molecule is CCN1CC[C@H]2CC[C@@H](C1)N2C(=O)Nc1cc(Cl)c(Cl)cn1. The quantitative estimate of drug-likeness (QED) is 0.894. The van der Waals surface area contributed by atoms with Crippen molar-refractivity contribution in [2.24, 2.45) is 0 Å². The molecule has 7 heteroatoms. The molecule has 120 valence electrons. The zero-order valence-electron chi connectivity index (χ0n) is 12.6. The Morgan fingerprint density at radius 1 is 1.32 bits per heavy atom. The summed E-state index contributed by atoms with van der Waals surface area (Å²) in [7, 11) is 0. The van der Waals surface area contributed by atoms with E-state index in [0.717, 1.165) is 38.9 Å². The van der Waals surface area contributed by atoms with Crippen molar-refractivity contribution in [3.63, 3.8) is 0 Å². The van der Waals surface area contributed by atoms with Crippen LogP contribution in [0.3, 0.4) is 0 Å². The summed E-state index contributed by atoms with van der Waals surface area (Å²) < 4.78 is 0. The van der Waals surface area contributed by atoms with Crippen LogP contribution >= 0.6 is 23.2 Å². The van der Waals surface area contributed by atoms with Crippen LogP contribution in [0.25, 0.3) is 0 Å². The second-order valence-electron chi connectivity index (χ2n) is 5.89. The van der Waals surface area contributed by atoms with E-state index in [2.05, 4.69) is 22.1 Å². The molecule has 1 N–H and O–H groups in total. The summed E-state index contributed by atoms with van der Waals surface area (Å²) in [6, 6.07) is 2.11. The van der Waals surface area contributed by atoms with E-state index in [0.29, 0.717) is 21.9 Å². The van der Waals surface area contributed by atoms with Gasteiger partial charge in [0.2, 0.25) is 0 Å². The van der Waals surface area contributed by atoms with Crippen molar-refractivity contribution in [1.82, 2.24) is 14.8 Å². The smallest absolute Gasteiger partial charge is 0.317 e. The number of rotatable bonds is 2. The molecule has 0 aromatic carbocycles. The first-order valence-corrected chi connectivity index (χ1v) is 8.46. The topological polar surface area (TPSA) is 48.5 Å². The minimum absolute atomic E-state index is 0.0867.